The first-order valence-corrected chi connectivity index (χ1v) is 7.92. The van der Waals surface area contributed by atoms with Crippen LogP contribution in [0.1, 0.15) is 18.2 Å². The van der Waals surface area contributed by atoms with E-state index in [0.717, 1.165) is 26.3 Å². The Bertz CT molecular complexity index is 537. The standard InChI is InChI=1S/C14H14Br2ClNO/c1-9(5-10-3-2-4-11(17)6-10)18-8-12-7-13(15)14(16)19-12/h2-4,6-7,9,18H,5,8H2,1H3. The third-order valence-corrected chi connectivity index (χ3v) is 4.70. The highest BCUT2D eigenvalue weighted by atomic mass is 79.9. The number of benzene rings is 1. The van der Waals surface area contributed by atoms with Crippen molar-refractivity contribution in [2.24, 2.45) is 0 Å². The van der Waals surface area contributed by atoms with Crippen molar-refractivity contribution in [3.8, 4) is 0 Å². The average Bonchev–Trinajstić information content (AvgIpc) is 2.66. The smallest absolute Gasteiger partial charge is 0.183 e. The molecule has 0 saturated carbocycles. The molecule has 1 aromatic heterocycles. The molecule has 0 amide bonds. The molecule has 0 spiro atoms. The van der Waals surface area contributed by atoms with Crippen LogP contribution in [0.25, 0.3) is 0 Å². The topological polar surface area (TPSA) is 25.2 Å². The van der Waals surface area contributed by atoms with Crippen molar-refractivity contribution >= 4 is 43.5 Å². The number of halogens is 3. The van der Waals surface area contributed by atoms with E-state index in [1.165, 1.54) is 5.56 Å². The molecule has 0 radical (unpaired) electrons. The summed E-state index contributed by atoms with van der Waals surface area (Å²) in [6, 6.07) is 10.3. The normalized spacial score (nSPS) is 12.6. The molecule has 1 N–H and O–H groups in total. The summed E-state index contributed by atoms with van der Waals surface area (Å²) in [5, 5.41) is 4.21. The van der Waals surface area contributed by atoms with Crippen molar-refractivity contribution in [3.05, 3.63) is 55.8 Å². The maximum atomic E-state index is 5.98. The van der Waals surface area contributed by atoms with E-state index in [1.807, 2.05) is 24.3 Å². The average molecular weight is 408 g/mol. The molecule has 102 valence electrons. The number of hydrogen-bond acceptors (Lipinski definition) is 2. The summed E-state index contributed by atoms with van der Waals surface area (Å²) < 4.78 is 7.19. The molecule has 0 aliphatic heterocycles. The summed E-state index contributed by atoms with van der Waals surface area (Å²) in [6.07, 6.45) is 0.934. The van der Waals surface area contributed by atoms with Crippen LogP contribution in [0.5, 0.6) is 0 Å². The maximum absolute atomic E-state index is 5.98. The number of furan rings is 1. The lowest BCUT2D eigenvalue weighted by Crippen LogP contribution is -2.27. The first kappa shape index (κ1) is 15.1. The van der Waals surface area contributed by atoms with Crippen molar-refractivity contribution in [1.82, 2.24) is 5.32 Å². The Kier molecular flexibility index (Phi) is 5.51. The van der Waals surface area contributed by atoms with Gasteiger partial charge in [0.25, 0.3) is 0 Å². The predicted octanol–water partition coefficient (Wildman–Crippen LogP) is 5.18. The number of nitrogens with one attached hydrogen (secondary N) is 1. The summed E-state index contributed by atoms with van der Waals surface area (Å²) in [7, 11) is 0. The second-order valence-electron chi connectivity index (χ2n) is 4.45. The monoisotopic (exact) mass is 405 g/mol. The minimum atomic E-state index is 0.348. The zero-order valence-corrected chi connectivity index (χ0v) is 14.3. The van der Waals surface area contributed by atoms with Crippen LogP contribution in [0.4, 0.5) is 0 Å². The molecule has 0 bridgehead atoms. The van der Waals surface area contributed by atoms with Gasteiger partial charge in [0.05, 0.1) is 11.0 Å². The molecule has 0 fully saturated rings. The quantitative estimate of drug-likeness (QED) is 0.739. The molecule has 0 aliphatic rings. The fourth-order valence-corrected chi connectivity index (χ4v) is 2.71. The van der Waals surface area contributed by atoms with Crippen molar-refractivity contribution < 1.29 is 4.42 Å². The van der Waals surface area contributed by atoms with Gasteiger partial charge < -0.3 is 9.73 Å². The van der Waals surface area contributed by atoms with Gasteiger partial charge >= 0.3 is 0 Å². The highest BCUT2D eigenvalue weighted by molar-refractivity contribution is 9.13. The van der Waals surface area contributed by atoms with Crippen LogP contribution >= 0.6 is 43.5 Å². The molecule has 0 aliphatic carbocycles. The second-order valence-corrected chi connectivity index (χ2v) is 6.46. The van der Waals surface area contributed by atoms with E-state index in [0.29, 0.717) is 12.6 Å². The fourth-order valence-electron chi connectivity index (χ4n) is 1.84. The van der Waals surface area contributed by atoms with E-state index < -0.39 is 0 Å². The van der Waals surface area contributed by atoms with E-state index in [-0.39, 0.29) is 0 Å². The Balaban J connectivity index is 1.86. The maximum Gasteiger partial charge on any atom is 0.183 e. The van der Waals surface area contributed by atoms with Gasteiger partial charge in [-0.05, 0) is 69.0 Å². The highest BCUT2D eigenvalue weighted by Gasteiger charge is 2.08. The first-order valence-electron chi connectivity index (χ1n) is 5.96. The van der Waals surface area contributed by atoms with Crippen LogP contribution in [0.3, 0.4) is 0 Å². The lowest BCUT2D eigenvalue weighted by molar-refractivity contribution is 0.441. The number of hydrogen-bond donors (Lipinski definition) is 1. The minimum absolute atomic E-state index is 0.348. The minimum Gasteiger partial charge on any atom is -0.452 e. The van der Waals surface area contributed by atoms with Crippen molar-refractivity contribution in [3.63, 3.8) is 0 Å². The van der Waals surface area contributed by atoms with Crippen LogP contribution in [0, 0.1) is 0 Å². The van der Waals surface area contributed by atoms with E-state index in [2.05, 4.69) is 50.2 Å². The molecular formula is C14H14Br2ClNO. The molecule has 2 rings (SSSR count). The van der Waals surface area contributed by atoms with Gasteiger partial charge in [-0.1, -0.05) is 23.7 Å². The van der Waals surface area contributed by atoms with Crippen LogP contribution < -0.4 is 5.32 Å². The Hall–Kier alpha value is -0.290. The van der Waals surface area contributed by atoms with E-state index >= 15 is 0 Å². The molecule has 2 aromatic rings. The van der Waals surface area contributed by atoms with Gasteiger partial charge in [0.2, 0.25) is 0 Å². The van der Waals surface area contributed by atoms with Gasteiger partial charge in [0.15, 0.2) is 4.67 Å². The van der Waals surface area contributed by atoms with Crippen LogP contribution in [0.2, 0.25) is 5.02 Å². The fraction of sp³-hybridized carbons (Fsp3) is 0.286. The van der Waals surface area contributed by atoms with Gasteiger partial charge in [-0.2, -0.15) is 0 Å². The Labute approximate surface area is 134 Å². The van der Waals surface area contributed by atoms with E-state index in [1.54, 1.807) is 0 Å². The Morgan fingerprint density at radius 2 is 2.11 bits per heavy atom. The van der Waals surface area contributed by atoms with Gasteiger partial charge in [-0.15, -0.1) is 0 Å². The summed E-state index contributed by atoms with van der Waals surface area (Å²) in [4.78, 5) is 0. The largest absolute Gasteiger partial charge is 0.452 e. The van der Waals surface area contributed by atoms with Crippen LogP contribution in [0.15, 0.2) is 43.9 Å². The zero-order valence-electron chi connectivity index (χ0n) is 10.4. The van der Waals surface area contributed by atoms with Crippen molar-refractivity contribution in [1.29, 1.82) is 0 Å². The summed E-state index contributed by atoms with van der Waals surface area (Å²) in [5.41, 5.74) is 1.23. The third-order valence-electron chi connectivity index (χ3n) is 2.75. The third kappa shape index (κ3) is 4.63. The lowest BCUT2D eigenvalue weighted by Gasteiger charge is -2.13. The summed E-state index contributed by atoms with van der Waals surface area (Å²) >= 11 is 12.7. The highest BCUT2D eigenvalue weighted by Crippen LogP contribution is 2.26. The molecule has 1 atom stereocenters. The van der Waals surface area contributed by atoms with Gasteiger partial charge in [0, 0.05) is 11.1 Å². The molecule has 19 heavy (non-hydrogen) atoms. The molecule has 1 aromatic carbocycles. The van der Waals surface area contributed by atoms with E-state index in [4.69, 9.17) is 16.0 Å². The molecule has 1 unspecified atom stereocenters. The first-order chi connectivity index (χ1) is 9.04. The molecular weight excluding hydrogens is 393 g/mol. The van der Waals surface area contributed by atoms with Gasteiger partial charge in [0.1, 0.15) is 5.76 Å². The van der Waals surface area contributed by atoms with Crippen molar-refractivity contribution in [2.75, 3.05) is 0 Å². The summed E-state index contributed by atoms with van der Waals surface area (Å²) in [6.45, 7) is 2.85. The Morgan fingerprint density at radius 1 is 1.32 bits per heavy atom. The molecule has 1 heterocycles. The lowest BCUT2D eigenvalue weighted by atomic mass is 10.1. The van der Waals surface area contributed by atoms with Crippen molar-refractivity contribution in [2.45, 2.75) is 25.9 Å². The predicted molar refractivity (Wildman–Crippen MR) is 85.6 cm³/mol. The number of rotatable bonds is 5. The SMILES string of the molecule is CC(Cc1cccc(Cl)c1)NCc1cc(Br)c(Br)o1. The van der Waals surface area contributed by atoms with E-state index in [9.17, 15) is 0 Å². The van der Waals surface area contributed by atoms with Gasteiger partial charge in [-0.3, -0.25) is 0 Å². The van der Waals surface area contributed by atoms with Crippen LogP contribution in [-0.4, -0.2) is 6.04 Å². The zero-order chi connectivity index (χ0) is 13.8. The van der Waals surface area contributed by atoms with Crippen LogP contribution in [-0.2, 0) is 13.0 Å². The van der Waals surface area contributed by atoms with Gasteiger partial charge in [-0.25, -0.2) is 0 Å². The molecule has 5 heteroatoms. The second kappa shape index (κ2) is 6.93. The molecule has 0 saturated heterocycles. The molecule has 2 nitrogen and oxygen atoms in total. The Morgan fingerprint density at radius 3 is 2.74 bits per heavy atom. The summed E-state index contributed by atoms with van der Waals surface area (Å²) in [5.74, 6) is 0.900.